The van der Waals surface area contributed by atoms with Gasteiger partial charge in [0.25, 0.3) is 0 Å². The SMILES string of the molecule is COC(=O)C(OC)c1ccc(-c2ccc(Cl)cc2)cc1. The molecule has 0 saturated carbocycles. The molecule has 0 aromatic heterocycles. The van der Waals surface area contributed by atoms with E-state index in [2.05, 4.69) is 0 Å². The van der Waals surface area contributed by atoms with Gasteiger partial charge in [0.1, 0.15) is 0 Å². The molecule has 0 spiro atoms. The van der Waals surface area contributed by atoms with Crippen LogP contribution in [0.5, 0.6) is 0 Å². The van der Waals surface area contributed by atoms with Crippen LogP contribution in [0, 0.1) is 0 Å². The summed E-state index contributed by atoms with van der Waals surface area (Å²) in [6.45, 7) is 0. The standard InChI is InChI=1S/C16H15ClO3/c1-19-15(16(18)20-2)13-5-3-11(4-6-13)12-7-9-14(17)10-8-12/h3-10,15H,1-2H3. The molecule has 20 heavy (non-hydrogen) atoms. The average Bonchev–Trinajstić information content (AvgIpc) is 2.49. The Kier molecular flexibility index (Phi) is 4.77. The van der Waals surface area contributed by atoms with E-state index in [1.807, 2.05) is 48.5 Å². The van der Waals surface area contributed by atoms with Gasteiger partial charge < -0.3 is 9.47 Å². The Balaban J connectivity index is 2.25. The summed E-state index contributed by atoms with van der Waals surface area (Å²) in [7, 11) is 2.82. The van der Waals surface area contributed by atoms with Crippen molar-refractivity contribution in [1.82, 2.24) is 0 Å². The third-order valence-electron chi connectivity index (χ3n) is 3.04. The lowest BCUT2D eigenvalue weighted by atomic mass is 10.0. The lowest BCUT2D eigenvalue weighted by Gasteiger charge is -2.13. The van der Waals surface area contributed by atoms with Gasteiger partial charge in [-0.25, -0.2) is 4.79 Å². The first-order valence-electron chi connectivity index (χ1n) is 6.12. The van der Waals surface area contributed by atoms with Crippen molar-refractivity contribution in [2.45, 2.75) is 6.10 Å². The Morgan fingerprint density at radius 2 is 1.45 bits per heavy atom. The molecule has 2 rings (SSSR count). The van der Waals surface area contributed by atoms with Crippen molar-refractivity contribution in [3.05, 3.63) is 59.1 Å². The van der Waals surface area contributed by atoms with Crippen LogP contribution >= 0.6 is 11.6 Å². The number of rotatable bonds is 4. The lowest BCUT2D eigenvalue weighted by molar-refractivity contribution is -0.152. The van der Waals surface area contributed by atoms with Gasteiger partial charge in [-0.15, -0.1) is 0 Å². The van der Waals surface area contributed by atoms with Crippen LogP contribution in [-0.2, 0) is 14.3 Å². The molecular weight excluding hydrogens is 276 g/mol. The van der Waals surface area contributed by atoms with Gasteiger partial charge in [-0.05, 0) is 28.8 Å². The molecule has 0 aliphatic rings. The molecule has 0 radical (unpaired) electrons. The minimum Gasteiger partial charge on any atom is -0.467 e. The summed E-state index contributed by atoms with van der Waals surface area (Å²) < 4.78 is 9.87. The Bertz CT molecular complexity index is 576. The van der Waals surface area contributed by atoms with E-state index in [-0.39, 0.29) is 0 Å². The first-order chi connectivity index (χ1) is 9.65. The summed E-state index contributed by atoms with van der Waals surface area (Å²) in [5, 5.41) is 0.704. The minimum absolute atomic E-state index is 0.410. The summed E-state index contributed by atoms with van der Waals surface area (Å²) in [6, 6.07) is 15.2. The van der Waals surface area contributed by atoms with E-state index in [1.54, 1.807) is 0 Å². The molecule has 0 fully saturated rings. The maximum atomic E-state index is 11.6. The second kappa shape index (κ2) is 6.55. The van der Waals surface area contributed by atoms with Gasteiger partial charge in [-0.2, -0.15) is 0 Å². The first-order valence-corrected chi connectivity index (χ1v) is 6.50. The molecule has 3 nitrogen and oxygen atoms in total. The van der Waals surface area contributed by atoms with Crippen LogP contribution in [0.3, 0.4) is 0 Å². The summed E-state index contributed by atoms with van der Waals surface area (Å²) >= 11 is 5.87. The van der Waals surface area contributed by atoms with Crippen molar-refractivity contribution in [2.24, 2.45) is 0 Å². The van der Waals surface area contributed by atoms with Crippen molar-refractivity contribution < 1.29 is 14.3 Å². The maximum Gasteiger partial charge on any atom is 0.339 e. The van der Waals surface area contributed by atoms with Gasteiger partial charge in [-0.1, -0.05) is 48.0 Å². The minimum atomic E-state index is -0.695. The molecule has 0 aliphatic heterocycles. The fourth-order valence-electron chi connectivity index (χ4n) is 1.97. The molecular formula is C16H15ClO3. The summed E-state index contributed by atoms with van der Waals surface area (Å²) in [6.07, 6.45) is -0.695. The van der Waals surface area contributed by atoms with E-state index in [9.17, 15) is 4.79 Å². The topological polar surface area (TPSA) is 35.5 Å². The molecule has 0 heterocycles. The number of benzene rings is 2. The zero-order valence-electron chi connectivity index (χ0n) is 11.3. The molecule has 0 amide bonds. The zero-order valence-corrected chi connectivity index (χ0v) is 12.1. The van der Waals surface area contributed by atoms with E-state index in [1.165, 1.54) is 14.2 Å². The van der Waals surface area contributed by atoms with Crippen LogP contribution in [0.25, 0.3) is 11.1 Å². The Morgan fingerprint density at radius 3 is 1.90 bits per heavy atom. The molecule has 0 N–H and O–H groups in total. The van der Waals surface area contributed by atoms with Crippen LogP contribution in [0.1, 0.15) is 11.7 Å². The average molecular weight is 291 g/mol. The van der Waals surface area contributed by atoms with Crippen molar-refractivity contribution in [3.8, 4) is 11.1 Å². The fourth-order valence-corrected chi connectivity index (χ4v) is 2.09. The van der Waals surface area contributed by atoms with Crippen molar-refractivity contribution in [1.29, 1.82) is 0 Å². The highest BCUT2D eigenvalue weighted by Gasteiger charge is 2.20. The fraction of sp³-hybridized carbons (Fsp3) is 0.188. The molecule has 2 aromatic rings. The molecule has 2 aromatic carbocycles. The van der Waals surface area contributed by atoms with E-state index >= 15 is 0 Å². The summed E-state index contributed by atoms with van der Waals surface area (Å²) in [4.78, 5) is 11.6. The quantitative estimate of drug-likeness (QED) is 0.802. The van der Waals surface area contributed by atoms with Crippen LogP contribution in [0.4, 0.5) is 0 Å². The van der Waals surface area contributed by atoms with Gasteiger partial charge in [0.2, 0.25) is 0 Å². The van der Waals surface area contributed by atoms with Gasteiger partial charge in [0.05, 0.1) is 7.11 Å². The molecule has 104 valence electrons. The number of ether oxygens (including phenoxy) is 2. The number of hydrogen-bond donors (Lipinski definition) is 0. The Morgan fingerprint density at radius 1 is 0.950 bits per heavy atom. The van der Waals surface area contributed by atoms with E-state index in [0.717, 1.165) is 16.7 Å². The second-order valence-corrected chi connectivity index (χ2v) is 4.70. The van der Waals surface area contributed by atoms with Gasteiger partial charge in [0, 0.05) is 12.1 Å². The van der Waals surface area contributed by atoms with Gasteiger partial charge >= 0.3 is 5.97 Å². The van der Waals surface area contributed by atoms with Gasteiger partial charge in [-0.3, -0.25) is 0 Å². The number of hydrogen-bond acceptors (Lipinski definition) is 3. The Labute approximate surface area is 123 Å². The summed E-state index contributed by atoms with van der Waals surface area (Å²) in [5.74, 6) is -0.410. The number of halogens is 1. The number of esters is 1. The maximum absolute atomic E-state index is 11.6. The predicted octanol–water partition coefficient (Wildman–Crippen LogP) is 3.87. The van der Waals surface area contributed by atoms with Crippen LogP contribution in [0.15, 0.2) is 48.5 Å². The largest absolute Gasteiger partial charge is 0.467 e. The molecule has 0 saturated heterocycles. The van der Waals surface area contributed by atoms with Crippen LogP contribution in [-0.4, -0.2) is 20.2 Å². The van der Waals surface area contributed by atoms with E-state index < -0.39 is 12.1 Å². The number of methoxy groups -OCH3 is 2. The first kappa shape index (κ1) is 14.6. The molecule has 1 unspecified atom stereocenters. The lowest BCUT2D eigenvalue weighted by Crippen LogP contribution is -2.15. The normalized spacial score (nSPS) is 11.9. The van der Waals surface area contributed by atoms with E-state index in [4.69, 9.17) is 21.1 Å². The summed E-state index contributed by atoms with van der Waals surface area (Å²) in [5.41, 5.74) is 2.87. The smallest absolute Gasteiger partial charge is 0.339 e. The van der Waals surface area contributed by atoms with Crippen molar-refractivity contribution >= 4 is 17.6 Å². The highest BCUT2D eigenvalue weighted by atomic mass is 35.5. The third-order valence-corrected chi connectivity index (χ3v) is 3.29. The number of carbonyl (C=O) groups is 1. The molecule has 1 atom stereocenters. The highest BCUT2D eigenvalue weighted by Crippen LogP contribution is 2.25. The van der Waals surface area contributed by atoms with E-state index in [0.29, 0.717) is 5.02 Å². The second-order valence-electron chi connectivity index (χ2n) is 4.27. The highest BCUT2D eigenvalue weighted by molar-refractivity contribution is 6.30. The Hall–Kier alpha value is -1.84. The molecule has 0 bridgehead atoms. The van der Waals surface area contributed by atoms with Crippen LogP contribution in [0.2, 0.25) is 5.02 Å². The zero-order chi connectivity index (χ0) is 14.5. The van der Waals surface area contributed by atoms with Crippen LogP contribution < -0.4 is 0 Å². The molecule has 0 aliphatic carbocycles. The number of carbonyl (C=O) groups excluding carboxylic acids is 1. The van der Waals surface area contributed by atoms with Crippen molar-refractivity contribution in [2.75, 3.05) is 14.2 Å². The predicted molar refractivity (Wildman–Crippen MR) is 78.7 cm³/mol. The monoisotopic (exact) mass is 290 g/mol. The van der Waals surface area contributed by atoms with Gasteiger partial charge in [0.15, 0.2) is 6.10 Å². The third kappa shape index (κ3) is 3.18. The van der Waals surface area contributed by atoms with Crippen molar-refractivity contribution in [3.63, 3.8) is 0 Å². The molecule has 4 heteroatoms.